The molecule has 3 rings (SSSR count). The normalized spacial score (nSPS) is 12.5. The van der Waals surface area contributed by atoms with Crippen molar-refractivity contribution >= 4 is 10.8 Å². The van der Waals surface area contributed by atoms with E-state index >= 15 is 0 Å². The molecule has 2 nitrogen and oxygen atoms in total. The fraction of sp³-hybridized carbons (Fsp3) is 0.118. The molecule has 2 heteroatoms. The van der Waals surface area contributed by atoms with Crippen LogP contribution in [0.3, 0.4) is 0 Å². The van der Waals surface area contributed by atoms with Crippen LogP contribution in [0.1, 0.15) is 22.9 Å². The van der Waals surface area contributed by atoms with E-state index in [0.717, 1.165) is 27.6 Å². The van der Waals surface area contributed by atoms with Crippen LogP contribution in [0.25, 0.3) is 10.8 Å². The lowest BCUT2D eigenvalue weighted by atomic mass is 9.95. The molecule has 0 radical (unpaired) electrons. The van der Waals surface area contributed by atoms with Crippen LogP contribution in [0.4, 0.5) is 0 Å². The largest absolute Gasteiger partial charge is 0.384 e. The van der Waals surface area contributed by atoms with Crippen LogP contribution in [0.5, 0.6) is 0 Å². The maximum atomic E-state index is 10.6. The predicted octanol–water partition coefficient (Wildman–Crippen LogP) is 3.62. The maximum Gasteiger partial charge on any atom is 0.106 e. The molecule has 0 saturated heterocycles. The number of aryl methyl sites for hydroxylation is 1. The van der Waals surface area contributed by atoms with Crippen LogP contribution in [-0.2, 0) is 0 Å². The highest BCUT2D eigenvalue weighted by Crippen LogP contribution is 2.29. The standard InChI is InChI=1S/C17H15NO/c1-12-14(10-5-11-18-12)17(19)16-9-4-7-13-6-2-3-8-15(13)16/h2-11,17,19H,1H3. The summed E-state index contributed by atoms with van der Waals surface area (Å²) in [5.74, 6) is 0. The second-order valence-corrected chi connectivity index (χ2v) is 4.65. The van der Waals surface area contributed by atoms with E-state index < -0.39 is 6.10 Å². The number of aromatic nitrogens is 1. The van der Waals surface area contributed by atoms with Gasteiger partial charge in [0.2, 0.25) is 0 Å². The zero-order chi connectivity index (χ0) is 13.2. The summed E-state index contributed by atoms with van der Waals surface area (Å²) in [6, 6.07) is 17.9. The lowest BCUT2D eigenvalue weighted by Gasteiger charge is -2.15. The number of aliphatic hydroxyl groups is 1. The van der Waals surface area contributed by atoms with Gasteiger partial charge in [-0.05, 0) is 29.3 Å². The van der Waals surface area contributed by atoms with E-state index in [1.165, 1.54) is 0 Å². The molecule has 0 aliphatic carbocycles. The van der Waals surface area contributed by atoms with Gasteiger partial charge < -0.3 is 5.11 Å². The Morgan fingerprint density at radius 1 is 0.895 bits per heavy atom. The van der Waals surface area contributed by atoms with Crippen LogP contribution < -0.4 is 0 Å². The van der Waals surface area contributed by atoms with Gasteiger partial charge in [-0.15, -0.1) is 0 Å². The zero-order valence-corrected chi connectivity index (χ0v) is 10.7. The zero-order valence-electron chi connectivity index (χ0n) is 10.7. The molecule has 0 aliphatic heterocycles. The Bertz CT molecular complexity index is 716. The molecule has 3 aromatic rings. The number of aliphatic hydroxyl groups excluding tert-OH is 1. The molecule has 0 aliphatic rings. The lowest BCUT2D eigenvalue weighted by Crippen LogP contribution is -2.03. The van der Waals surface area contributed by atoms with Gasteiger partial charge in [0.1, 0.15) is 6.10 Å². The number of hydrogen-bond donors (Lipinski definition) is 1. The van der Waals surface area contributed by atoms with Gasteiger partial charge in [0.15, 0.2) is 0 Å². The van der Waals surface area contributed by atoms with Crippen molar-refractivity contribution in [2.45, 2.75) is 13.0 Å². The van der Waals surface area contributed by atoms with Gasteiger partial charge in [-0.2, -0.15) is 0 Å². The Morgan fingerprint density at radius 3 is 2.47 bits per heavy atom. The van der Waals surface area contributed by atoms with Gasteiger partial charge in [0.05, 0.1) is 0 Å². The summed E-state index contributed by atoms with van der Waals surface area (Å²) >= 11 is 0. The summed E-state index contributed by atoms with van der Waals surface area (Å²) in [6.07, 6.45) is 1.11. The molecule has 2 aromatic carbocycles. The molecule has 1 atom stereocenters. The van der Waals surface area contributed by atoms with Crippen LogP contribution in [0.2, 0.25) is 0 Å². The minimum atomic E-state index is -0.639. The molecule has 1 unspecified atom stereocenters. The highest BCUT2D eigenvalue weighted by molar-refractivity contribution is 5.86. The summed E-state index contributed by atoms with van der Waals surface area (Å²) in [4.78, 5) is 4.25. The molecule has 0 fully saturated rings. The van der Waals surface area contributed by atoms with Crippen molar-refractivity contribution in [3.8, 4) is 0 Å². The number of nitrogens with zero attached hydrogens (tertiary/aromatic N) is 1. The van der Waals surface area contributed by atoms with Gasteiger partial charge in [0, 0.05) is 17.5 Å². The summed E-state index contributed by atoms with van der Waals surface area (Å²) in [6.45, 7) is 1.92. The second kappa shape index (κ2) is 4.82. The van der Waals surface area contributed by atoms with Crippen LogP contribution in [-0.4, -0.2) is 10.1 Å². The topological polar surface area (TPSA) is 33.1 Å². The Balaban J connectivity index is 2.17. The van der Waals surface area contributed by atoms with E-state index in [4.69, 9.17) is 0 Å². The molecule has 19 heavy (non-hydrogen) atoms. The smallest absolute Gasteiger partial charge is 0.106 e. The van der Waals surface area contributed by atoms with Crippen molar-refractivity contribution in [3.05, 3.63) is 77.6 Å². The molecule has 0 bridgehead atoms. The number of fused-ring (bicyclic) bond motifs is 1. The Labute approximate surface area is 112 Å². The first-order valence-electron chi connectivity index (χ1n) is 6.34. The van der Waals surface area contributed by atoms with E-state index in [-0.39, 0.29) is 0 Å². The molecule has 94 valence electrons. The van der Waals surface area contributed by atoms with Crippen molar-refractivity contribution in [1.29, 1.82) is 0 Å². The van der Waals surface area contributed by atoms with Gasteiger partial charge in [-0.1, -0.05) is 48.5 Å². The van der Waals surface area contributed by atoms with Crippen molar-refractivity contribution in [1.82, 2.24) is 4.98 Å². The summed E-state index contributed by atoms with van der Waals surface area (Å²) in [7, 11) is 0. The third kappa shape index (κ3) is 2.11. The molecular formula is C17H15NO. The first-order chi connectivity index (χ1) is 9.27. The van der Waals surface area contributed by atoms with Gasteiger partial charge >= 0.3 is 0 Å². The second-order valence-electron chi connectivity index (χ2n) is 4.65. The van der Waals surface area contributed by atoms with E-state index in [0.29, 0.717) is 0 Å². The lowest BCUT2D eigenvalue weighted by molar-refractivity contribution is 0.220. The van der Waals surface area contributed by atoms with Gasteiger partial charge in [-0.3, -0.25) is 4.98 Å². The predicted molar refractivity (Wildman–Crippen MR) is 77.0 cm³/mol. The molecule has 1 N–H and O–H groups in total. The van der Waals surface area contributed by atoms with Crippen LogP contribution in [0, 0.1) is 6.92 Å². The maximum absolute atomic E-state index is 10.6. The third-order valence-electron chi connectivity index (χ3n) is 3.46. The van der Waals surface area contributed by atoms with E-state index in [1.807, 2.05) is 49.4 Å². The number of rotatable bonds is 2. The monoisotopic (exact) mass is 249 g/mol. The molecule has 1 heterocycles. The Hall–Kier alpha value is -2.19. The fourth-order valence-corrected chi connectivity index (χ4v) is 2.44. The quantitative estimate of drug-likeness (QED) is 0.752. The summed E-state index contributed by atoms with van der Waals surface area (Å²) in [5, 5.41) is 12.9. The van der Waals surface area contributed by atoms with E-state index in [1.54, 1.807) is 6.20 Å². The third-order valence-corrected chi connectivity index (χ3v) is 3.46. The Kier molecular flexibility index (Phi) is 3.02. The average Bonchev–Trinajstić information content (AvgIpc) is 2.46. The average molecular weight is 249 g/mol. The van der Waals surface area contributed by atoms with Crippen molar-refractivity contribution in [2.75, 3.05) is 0 Å². The van der Waals surface area contributed by atoms with Gasteiger partial charge in [-0.25, -0.2) is 0 Å². The van der Waals surface area contributed by atoms with Crippen molar-refractivity contribution < 1.29 is 5.11 Å². The SMILES string of the molecule is Cc1ncccc1C(O)c1cccc2ccccc12. The Morgan fingerprint density at radius 2 is 1.63 bits per heavy atom. The fourth-order valence-electron chi connectivity index (χ4n) is 2.44. The number of hydrogen-bond acceptors (Lipinski definition) is 2. The highest BCUT2D eigenvalue weighted by Gasteiger charge is 2.15. The molecule has 1 aromatic heterocycles. The minimum Gasteiger partial charge on any atom is -0.384 e. The van der Waals surface area contributed by atoms with E-state index in [9.17, 15) is 5.11 Å². The molecular weight excluding hydrogens is 234 g/mol. The van der Waals surface area contributed by atoms with Crippen molar-refractivity contribution in [2.24, 2.45) is 0 Å². The number of benzene rings is 2. The summed E-state index contributed by atoms with van der Waals surface area (Å²) in [5.41, 5.74) is 2.65. The van der Waals surface area contributed by atoms with Gasteiger partial charge in [0.25, 0.3) is 0 Å². The van der Waals surface area contributed by atoms with Crippen LogP contribution >= 0.6 is 0 Å². The first-order valence-corrected chi connectivity index (χ1v) is 6.34. The van der Waals surface area contributed by atoms with E-state index in [2.05, 4.69) is 17.1 Å². The summed E-state index contributed by atoms with van der Waals surface area (Å²) < 4.78 is 0. The molecule has 0 amide bonds. The van der Waals surface area contributed by atoms with Crippen molar-refractivity contribution in [3.63, 3.8) is 0 Å². The number of pyridine rings is 1. The first kappa shape index (κ1) is 11.9. The van der Waals surface area contributed by atoms with Crippen LogP contribution in [0.15, 0.2) is 60.8 Å². The minimum absolute atomic E-state index is 0.639. The molecule has 0 spiro atoms. The highest BCUT2D eigenvalue weighted by atomic mass is 16.3. The molecule has 0 saturated carbocycles.